The lowest BCUT2D eigenvalue weighted by Crippen LogP contribution is -2.16. The second kappa shape index (κ2) is 17.5. The first-order valence-corrected chi connectivity index (χ1v) is 22.9. The standard InChI is InChI=1S/C52H49Br4N3/c1-30-11-16-40(21-35(30)6)57(41-17-12-31(2)36(7)22-41)49-28-51(47(55)26-45(49)53)59(44-20-15-34(5)39(10)25-44)52-29-50(46(54)27-48(52)56)58(42-18-13-32(3)37(8)23-42)43-19-14-33(4)38(9)24-43/h11-29H,1-10H3. The normalized spacial score (nSPS) is 11.2. The minimum absolute atomic E-state index is 0.947. The first kappa shape index (κ1) is 43.0. The van der Waals surface area contributed by atoms with Gasteiger partial charge >= 0.3 is 0 Å². The molecule has 0 radical (unpaired) electrons. The van der Waals surface area contributed by atoms with Crippen LogP contribution < -0.4 is 14.7 Å². The van der Waals surface area contributed by atoms with Crippen molar-refractivity contribution in [3.8, 4) is 0 Å². The van der Waals surface area contributed by atoms with Crippen molar-refractivity contribution in [3.05, 3.63) is 189 Å². The van der Waals surface area contributed by atoms with E-state index in [-0.39, 0.29) is 0 Å². The fourth-order valence-electron chi connectivity index (χ4n) is 7.32. The molecule has 0 bridgehead atoms. The van der Waals surface area contributed by atoms with Gasteiger partial charge in [0.15, 0.2) is 0 Å². The van der Waals surface area contributed by atoms with Crippen LogP contribution in [0.3, 0.4) is 0 Å². The SMILES string of the molecule is Cc1ccc(N(c2ccc(C)c(C)c2)c2cc(N(c3ccc(C)c(C)c3)c3cc(N(c4ccc(C)c(C)c4)c4ccc(C)c(C)c4)c(Br)cc3Br)c(Br)cc2Br)cc1C. The molecule has 0 amide bonds. The van der Waals surface area contributed by atoms with Gasteiger partial charge in [0.1, 0.15) is 0 Å². The van der Waals surface area contributed by atoms with Gasteiger partial charge in [-0.05, 0) is 274 Å². The van der Waals surface area contributed by atoms with Crippen molar-refractivity contribution in [2.45, 2.75) is 69.2 Å². The van der Waals surface area contributed by atoms with Gasteiger partial charge < -0.3 is 14.7 Å². The molecule has 0 N–H and O–H groups in total. The molecule has 7 heteroatoms. The van der Waals surface area contributed by atoms with Crippen LogP contribution in [0.2, 0.25) is 0 Å². The summed E-state index contributed by atoms with van der Waals surface area (Å²) in [6.07, 6.45) is 0. The highest BCUT2D eigenvalue weighted by molar-refractivity contribution is 9.11. The van der Waals surface area contributed by atoms with Gasteiger partial charge in [-0.25, -0.2) is 0 Å². The summed E-state index contributed by atoms with van der Waals surface area (Å²) < 4.78 is 3.83. The third-order valence-corrected chi connectivity index (χ3v) is 14.3. The van der Waals surface area contributed by atoms with Crippen LogP contribution in [0.25, 0.3) is 0 Å². The van der Waals surface area contributed by atoms with Crippen LogP contribution in [0.4, 0.5) is 51.2 Å². The van der Waals surface area contributed by atoms with Crippen LogP contribution in [0.1, 0.15) is 55.6 Å². The van der Waals surface area contributed by atoms with Gasteiger partial charge in [-0.2, -0.15) is 0 Å². The Bertz CT molecular complexity index is 2490. The zero-order chi connectivity index (χ0) is 42.4. The zero-order valence-corrected chi connectivity index (χ0v) is 41.7. The second-order valence-electron chi connectivity index (χ2n) is 15.9. The molecule has 7 aromatic rings. The lowest BCUT2D eigenvalue weighted by Gasteiger charge is -2.33. The number of rotatable bonds is 9. The summed E-state index contributed by atoms with van der Waals surface area (Å²) in [5, 5.41) is 0. The molecule has 0 aliphatic rings. The molecule has 0 spiro atoms. The number of halogens is 4. The first-order chi connectivity index (χ1) is 28.0. The van der Waals surface area contributed by atoms with Gasteiger partial charge in [0.05, 0.1) is 22.7 Å². The highest BCUT2D eigenvalue weighted by Crippen LogP contribution is 2.51. The minimum atomic E-state index is 0.947. The number of hydrogen-bond donors (Lipinski definition) is 0. The molecule has 3 nitrogen and oxygen atoms in total. The van der Waals surface area contributed by atoms with E-state index in [2.05, 4.69) is 263 Å². The third-order valence-electron chi connectivity index (χ3n) is 11.7. The van der Waals surface area contributed by atoms with Gasteiger partial charge in [0, 0.05) is 46.3 Å². The molecule has 59 heavy (non-hydrogen) atoms. The van der Waals surface area contributed by atoms with Gasteiger partial charge in [0.2, 0.25) is 0 Å². The highest BCUT2D eigenvalue weighted by Gasteiger charge is 2.26. The quantitative estimate of drug-likeness (QED) is 0.143. The van der Waals surface area contributed by atoms with E-state index in [0.29, 0.717) is 0 Å². The summed E-state index contributed by atoms with van der Waals surface area (Å²) in [6.45, 7) is 21.8. The van der Waals surface area contributed by atoms with Crippen molar-refractivity contribution in [2.24, 2.45) is 0 Å². The molecule has 0 aliphatic carbocycles. The summed E-state index contributed by atoms with van der Waals surface area (Å²) in [6, 6.07) is 42.5. The fourth-order valence-corrected chi connectivity index (χ4v) is 10.0. The molecule has 0 unspecified atom stereocenters. The Morgan fingerprint density at radius 3 is 0.661 bits per heavy atom. The second-order valence-corrected chi connectivity index (χ2v) is 19.3. The predicted molar refractivity (Wildman–Crippen MR) is 269 cm³/mol. The molecule has 0 atom stereocenters. The maximum Gasteiger partial charge on any atom is 0.0625 e. The van der Waals surface area contributed by atoms with E-state index in [9.17, 15) is 0 Å². The van der Waals surface area contributed by atoms with Crippen LogP contribution >= 0.6 is 63.7 Å². The lowest BCUT2D eigenvalue weighted by molar-refractivity contribution is 1.19. The van der Waals surface area contributed by atoms with Crippen LogP contribution in [0, 0.1) is 69.2 Å². The minimum Gasteiger partial charge on any atom is -0.309 e. The Balaban J connectivity index is 1.52. The Labute approximate surface area is 384 Å². The van der Waals surface area contributed by atoms with E-state index < -0.39 is 0 Å². The topological polar surface area (TPSA) is 9.72 Å². The molecular weight excluding hydrogens is 986 g/mol. The van der Waals surface area contributed by atoms with Gasteiger partial charge in [0.25, 0.3) is 0 Å². The van der Waals surface area contributed by atoms with E-state index in [1.165, 1.54) is 55.6 Å². The summed E-state index contributed by atoms with van der Waals surface area (Å²) in [7, 11) is 0. The molecule has 0 aliphatic heterocycles. The van der Waals surface area contributed by atoms with Gasteiger partial charge in [-0.1, -0.05) is 30.3 Å². The maximum atomic E-state index is 4.08. The van der Waals surface area contributed by atoms with E-state index in [0.717, 1.165) is 69.1 Å². The fraction of sp³-hybridized carbons (Fsp3) is 0.192. The van der Waals surface area contributed by atoms with E-state index >= 15 is 0 Å². The van der Waals surface area contributed by atoms with Gasteiger partial charge in [-0.15, -0.1) is 0 Å². The van der Waals surface area contributed by atoms with Crippen molar-refractivity contribution in [3.63, 3.8) is 0 Å². The van der Waals surface area contributed by atoms with E-state index in [4.69, 9.17) is 0 Å². The molecule has 7 aromatic carbocycles. The van der Waals surface area contributed by atoms with Crippen molar-refractivity contribution in [1.82, 2.24) is 0 Å². The van der Waals surface area contributed by atoms with Crippen LogP contribution in [-0.4, -0.2) is 0 Å². The zero-order valence-electron chi connectivity index (χ0n) is 35.3. The number of nitrogens with zero attached hydrogens (tertiary/aromatic N) is 3. The van der Waals surface area contributed by atoms with Crippen molar-refractivity contribution >= 4 is 115 Å². The van der Waals surface area contributed by atoms with Crippen molar-refractivity contribution in [2.75, 3.05) is 14.7 Å². The van der Waals surface area contributed by atoms with E-state index in [1.807, 2.05) is 0 Å². The van der Waals surface area contributed by atoms with E-state index in [1.54, 1.807) is 0 Å². The summed E-state index contributed by atoms with van der Waals surface area (Å²) in [5.41, 5.74) is 21.9. The maximum absolute atomic E-state index is 4.08. The molecule has 0 heterocycles. The summed E-state index contributed by atoms with van der Waals surface area (Å²) >= 11 is 16.2. The third kappa shape index (κ3) is 8.72. The molecular formula is C52H49Br4N3. The van der Waals surface area contributed by atoms with Crippen LogP contribution in [0.5, 0.6) is 0 Å². The predicted octanol–water partition coefficient (Wildman–Crippen LogP) is 18.2. The molecule has 0 saturated heterocycles. The number of benzene rings is 7. The Hall–Kier alpha value is -4.14. The number of aryl methyl sites for hydroxylation is 10. The molecule has 0 aromatic heterocycles. The largest absolute Gasteiger partial charge is 0.309 e. The summed E-state index contributed by atoms with van der Waals surface area (Å²) in [5.74, 6) is 0. The average molecular weight is 1040 g/mol. The van der Waals surface area contributed by atoms with Gasteiger partial charge in [-0.3, -0.25) is 0 Å². The monoisotopic (exact) mass is 1030 g/mol. The number of hydrogen-bond acceptors (Lipinski definition) is 3. The van der Waals surface area contributed by atoms with Crippen molar-refractivity contribution in [1.29, 1.82) is 0 Å². The Morgan fingerprint density at radius 1 is 0.237 bits per heavy atom. The highest BCUT2D eigenvalue weighted by atomic mass is 79.9. The molecule has 0 saturated carbocycles. The average Bonchev–Trinajstić information content (AvgIpc) is 3.18. The Kier molecular flexibility index (Phi) is 12.7. The van der Waals surface area contributed by atoms with Crippen LogP contribution in [-0.2, 0) is 0 Å². The van der Waals surface area contributed by atoms with Crippen LogP contribution in [0.15, 0.2) is 133 Å². The molecule has 300 valence electrons. The first-order valence-electron chi connectivity index (χ1n) is 19.8. The Morgan fingerprint density at radius 2 is 0.441 bits per heavy atom. The molecule has 7 rings (SSSR count). The number of anilines is 9. The summed E-state index contributed by atoms with van der Waals surface area (Å²) in [4.78, 5) is 7.09. The molecule has 0 fully saturated rings. The smallest absolute Gasteiger partial charge is 0.0625 e. The van der Waals surface area contributed by atoms with Crippen molar-refractivity contribution < 1.29 is 0 Å². The lowest BCUT2D eigenvalue weighted by atomic mass is 10.0.